The lowest BCUT2D eigenvalue weighted by atomic mass is 9.59. The van der Waals surface area contributed by atoms with Crippen LogP contribution in [0.5, 0.6) is 0 Å². The molecule has 0 aromatic heterocycles. The van der Waals surface area contributed by atoms with E-state index in [9.17, 15) is 0 Å². The zero-order valence-corrected chi connectivity index (χ0v) is 11.0. The molecule has 16 heavy (non-hydrogen) atoms. The van der Waals surface area contributed by atoms with Crippen molar-refractivity contribution in [3.63, 3.8) is 0 Å². The Morgan fingerprint density at radius 1 is 1.38 bits per heavy atom. The fraction of sp³-hybridized carbons (Fsp3) is 0.933. The van der Waals surface area contributed by atoms with Gasteiger partial charge in [-0.2, -0.15) is 5.26 Å². The maximum absolute atomic E-state index is 8.88. The van der Waals surface area contributed by atoms with Gasteiger partial charge in [0.05, 0.1) is 6.07 Å². The molecule has 1 nitrogen and oxygen atoms in total. The average Bonchev–Trinajstić information content (AvgIpc) is 2.57. The molecule has 0 saturated heterocycles. The van der Waals surface area contributed by atoms with Crippen molar-refractivity contribution in [2.75, 3.05) is 0 Å². The minimum Gasteiger partial charge on any atom is -0.198 e. The summed E-state index contributed by atoms with van der Waals surface area (Å²) in [4.78, 5) is 0. The molecule has 1 heteroatoms. The second kappa shape index (κ2) is 4.40. The van der Waals surface area contributed by atoms with Crippen molar-refractivity contribution in [1.82, 2.24) is 0 Å². The molecule has 5 atom stereocenters. The Labute approximate surface area is 100 Å². The SMILES string of the molecule is CC(CC#N)[C@H]1CC[C@H]2[C@@H](C)CCC[C@]12C. The van der Waals surface area contributed by atoms with Crippen LogP contribution in [0.1, 0.15) is 59.3 Å². The van der Waals surface area contributed by atoms with Gasteiger partial charge in [-0.25, -0.2) is 0 Å². The molecule has 2 fully saturated rings. The monoisotopic (exact) mass is 219 g/mol. The largest absolute Gasteiger partial charge is 0.198 e. The van der Waals surface area contributed by atoms with Gasteiger partial charge in [-0.05, 0) is 48.3 Å². The highest BCUT2D eigenvalue weighted by Crippen LogP contribution is 2.59. The van der Waals surface area contributed by atoms with Crippen molar-refractivity contribution in [3.8, 4) is 6.07 Å². The number of fused-ring (bicyclic) bond motifs is 1. The van der Waals surface area contributed by atoms with Gasteiger partial charge >= 0.3 is 0 Å². The Morgan fingerprint density at radius 2 is 2.12 bits per heavy atom. The molecule has 0 heterocycles. The van der Waals surface area contributed by atoms with Gasteiger partial charge in [-0.15, -0.1) is 0 Å². The van der Waals surface area contributed by atoms with E-state index in [-0.39, 0.29) is 0 Å². The van der Waals surface area contributed by atoms with Crippen molar-refractivity contribution >= 4 is 0 Å². The summed E-state index contributed by atoms with van der Waals surface area (Å²) in [6.07, 6.45) is 7.78. The molecule has 0 bridgehead atoms. The normalized spacial score (nSPS) is 44.8. The molecular formula is C15H25N. The molecule has 2 rings (SSSR count). The zero-order chi connectivity index (χ0) is 11.8. The molecule has 1 unspecified atom stereocenters. The van der Waals surface area contributed by atoms with Crippen molar-refractivity contribution in [2.45, 2.75) is 59.3 Å². The Balaban J connectivity index is 2.15. The van der Waals surface area contributed by atoms with Crippen molar-refractivity contribution in [1.29, 1.82) is 5.26 Å². The number of nitriles is 1. The summed E-state index contributed by atoms with van der Waals surface area (Å²) < 4.78 is 0. The molecule has 0 aliphatic heterocycles. The van der Waals surface area contributed by atoms with Crippen molar-refractivity contribution in [3.05, 3.63) is 0 Å². The van der Waals surface area contributed by atoms with Crippen LogP contribution in [0.25, 0.3) is 0 Å². The lowest BCUT2D eigenvalue weighted by molar-refractivity contribution is 0.0378. The minimum atomic E-state index is 0.550. The molecule has 0 aromatic rings. The van der Waals surface area contributed by atoms with Crippen LogP contribution < -0.4 is 0 Å². The number of hydrogen-bond acceptors (Lipinski definition) is 1. The first kappa shape index (κ1) is 12.0. The van der Waals surface area contributed by atoms with Gasteiger partial charge in [-0.1, -0.05) is 33.6 Å². The molecule has 0 amide bonds. The highest BCUT2D eigenvalue weighted by molar-refractivity contribution is 5.01. The van der Waals surface area contributed by atoms with Gasteiger partial charge < -0.3 is 0 Å². The van der Waals surface area contributed by atoms with Gasteiger partial charge in [0, 0.05) is 6.42 Å². The lowest BCUT2D eigenvalue weighted by Gasteiger charge is -2.45. The van der Waals surface area contributed by atoms with Gasteiger partial charge in [0.1, 0.15) is 0 Å². The molecule has 2 saturated carbocycles. The smallest absolute Gasteiger partial charge is 0.0624 e. The summed E-state index contributed by atoms with van der Waals surface area (Å²) in [5.74, 6) is 3.26. The highest BCUT2D eigenvalue weighted by atomic mass is 14.6. The molecule has 2 aliphatic rings. The van der Waals surface area contributed by atoms with Crippen LogP contribution in [0, 0.1) is 40.4 Å². The first-order chi connectivity index (χ1) is 7.59. The third-order valence-electron chi connectivity index (χ3n) is 5.64. The standard InChI is InChI=1S/C15H25N/c1-11-5-4-9-15(3)13(11)6-7-14(15)12(2)8-10-16/h11-14H,4-9H2,1-3H3/t11-,12?,13-,14+,15-/m0/s1. The van der Waals surface area contributed by atoms with Gasteiger partial charge in [0.2, 0.25) is 0 Å². The van der Waals surface area contributed by atoms with E-state index in [0.29, 0.717) is 11.3 Å². The number of nitrogens with zero attached hydrogens (tertiary/aromatic N) is 1. The lowest BCUT2D eigenvalue weighted by Crippen LogP contribution is -2.38. The summed E-state index contributed by atoms with van der Waals surface area (Å²) in [5.41, 5.74) is 0.550. The van der Waals surface area contributed by atoms with Gasteiger partial charge in [0.15, 0.2) is 0 Å². The Kier molecular flexibility index (Phi) is 3.29. The van der Waals surface area contributed by atoms with Gasteiger partial charge in [0.25, 0.3) is 0 Å². The summed E-state index contributed by atoms with van der Waals surface area (Å²) in [6, 6.07) is 2.37. The maximum Gasteiger partial charge on any atom is 0.0624 e. The van der Waals surface area contributed by atoms with Gasteiger partial charge in [-0.3, -0.25) is 0 Å². The summed E-state index contributed by atoms with van der Waals surface area (Å²) in [7, 11) is 0. The van der Waals surface area contributed by atoms with Crippen LogP contribution in [0.2, 0.25) is 0 Å². The number of rotatable bonds is 2. The molecular weight excluding hydrogens is 194 g/mol. The van der Waals surface area contributed by atoms with E-state index in [4.69, 9.17) is 5.26 Å². The topological polar surface area (TPSA) is 23.8 Å². The first-order valence-corrected chi connectivity index (χ1v) is 6.96. The molecule has 2 aliphatic carbocycles. The van der Waals surface area contributed by atoms with Crippen LogP contribution >= 0.6 is 0 Å². The first-order valence-electron chi connectivity index (χ1n) is 6.96. The van der Waals surface area contributed by atoms with Crippen LogP contribution in [0.3, 0.4) is 0 Å². The van der Waals surface area contributed by atoms with Crippen LogP contribution in [-0.4, -0.2) is 0 Å². The van der Waals surface area contributed by atoms with E-state index in [0.717, 1.165) is 24.2 Å². The van der Waals surface area contributed by atoms with E-state index in [1.807, 2.05) is 0 Å². The van der Waals surface area contributed by atoms with Crippen molar-refractivity contribution in [2.24, 2.45) is 29.1 Å². The van der Waals surface area contributed by atoms with Crippen LogP contribution in [0.15, 0.2) is 0 Å². The van der Waals surface area contributed by atoms with E-state index in [2.05, 4.69) is 26.8 Å². The second-order valence-electron chi connectivity index (χ2n) is 6.51. The third kappa shape index (κ3) is 1.77. The van der Waals surface area contributed by atoms with E-state index >= 15 is 0 Å². The summed E-state index contributed by atoms with van der Waals surface area (Å²) in [6.45, 7) is 7.25. The van der Waals surface area contributed by atoms with E-state index in [1.165, 1.54) is 32.1 Å². The highest BCUT2D eigenvalue weighted by Gasteiger charge is 2.51. The van der Waals surface area contributed by atoms with Crippen LogP contribution in [0.4, 0.5) is 0 Å². The van der Waals surface area contributed by atoms with Crippen LogP contribution in [-0.2, 0) is 0 Å². The zero-order valence-electron chi connectivity index (χ0n) is 11.0. The molecule has 0 spiro atoms. The Hall–Kier alpha value is -0.510. The Morgan fingerprint density at radius 3 is 2.81 bits per heavy atom. The summed E-state index contributed by atoms with van der Waals surface area (Å²) >= 11 is 0. The number of hydrogen-bond donors (Lipinski definition) is 0. The molecule has 0 N–H and O–H groups in total. The third-order valence-corrected chi connectivity index (χ3v) is 5.64. The summed E-state index contributed by atoms with van der Waals surface area (Å²) in [5, 5.41) is 8.88. The molecule has 0 aromatic carbocycles. The van der Waals surface area contributed by atoms with E-state index < -0.39 is 0 Å². The van der Waals surface area contributed by atoms with E-state index in [1.54, 1.807) is 0 Å². The predicted octanol–water partition coefficient (Wildman–Crippen LogP) is 4.39. The average molecular weight is 219 g/mol. The fourth-order valence-corrected chi connectivity index (χ4v) is 4.83. The quantitative estimate of drug-likeness (QED) is 0.675. The predicted molar refractivity (Wildman–Crippen MR) is 66.7 cm³/mol. The maximum atomic E-state index is 8.88. The Bertz CT molecular complexity index is 290. The fourth-order valence-electron chi connectivity index (χ4n) is 4.83. The second-order valence-corrected chi connectivity index (χ2v) is 6.51. The van der Waals surface area contributed by atoms with Crippen molar-refractivity contribution < 1.29 is 0 Å². The molecule has 0 radical (unpaired) electrons. The minimum absolute atomic E-state index is 0.550. The molecule has 90 valence electrons.